The number of carbonyl (C=O) groups is 2. The summed E-state index contributed by atoms with van der Waals surface area (Å²) in [5, 5.41) is 6.53. The Morgan fingerprint density at radius 1 is 1.00 bits per heavy atom. The Kier molecular flexibility index (Phi) is 6.69. The van der Waals surface area contributed by atoms with Gasteiger partial charge in [0.2, 0.25) is 0 Å². The first kappa shape index (κ1) is 24.9. The van der Waals surface area contributed by atoms with Gasteiger partial charge in [-0.15, -0.1) is 0 Å². The van der Waals surface area contributed by atoms with Crippen molar-refractivity contribution in [2.24, 2.45) is 0 Å². The van der Waals surface area contributed by atoms with Gasteiger partial charge in [-0.1, -0.05) is 30.3 Å². The van der Waals surface area contributed by atoms with Gasteiger partial charge in [-0.2, -0.15) is 18.3 Å². The second kappa shape index (κ2) is 9.94. The lowest BCUT2D eigenvalue weighted by molar-refractivity contribution is -0.142. The van der Waals surface area contributed by atoms with Crippen LogP contribution in [0.2, 0.25) is 0 Å². The third-order valence-corrected chi connectivity index (χ3v) is 6.53. The third-order valence-electron chi connectivity index (χ3n) is 5.80. The monoisotopic (exact) mass is 573 g/mol. The van der Waals surface area contributed by atoms with Crippen molar-refractivity contribution in [1.82, 2.24) is 19.5 Å². The molecule has 0 radical (unpaired) electrons. The number of carbonyl (C=O) groups excluding carboxylic acids is 2. The molecule has 0 aliphatic carbocycles. The van der Waals surface area contributed by atoms with Crippen LogP contribution in [0.3, 0.4) is 0 Å². The van der Waals surface area contributed by atoms with Crippen molar-refractivity contribution in [2.75, 3.05) is 31.6 Å². The molecule has 2 aromatic carbocycles. The number of hydrogen-bond donors (Lipinski definition) is 1. The van der Waals surface area contributed by atoms with Gasteiger partial charge < -0.3 is 15.0 Å². The predicted molar refractivity (Wildman–Crippen MR) is 132 cm³/mol. The number of ether oxygens (including phenoxy) is 1. The zero-order valence-electron chi connectivity index (χ0n) is 19.1. The van der Waals surface area contributed by atoms with Crippen LogP contribution in [0.4, 0.5) is 18.9 Å². The third kappa shape index (κ3) is 5.07. The van der Waals surface area contributed by atoms with Crippen molar-refractivity contribution in [3.63, 3.8) is 0 Å². The molecule has 0 unspecified atom stereocenters. The van der Waals surface area contributed by atoms with E-state index in [4.69, 9.17) is 4.74 Å². The lowest BCUT2D eigenvalue weighted by Gasteiger charge is -2.26. The van der Waals surface area contributed by atoms with E-state index in [2.05, 4.69) is 31.3 Å². The zero-order chi connectivity index (χ0) is 26.2. The minimum absolute atomic E-state index is 0.0207. The Morgan fingerprint density at radius 3 is 2.32 bits per heavy atom. The van der Waals surface area contributed by atoms with Crippen molar-refractivity contribution in [2.45, 2.75) is 6.18 Å². The lowest BCUT2D eigenvalue weighted by Crippen LogP contribution is -2.40. The first-order valence-corrected chi connectivity index (χ1v) is 12.0. The molecule has 1 saturated heterocycles. The minimum Gasteiger partial charge on any atom is -0.378 e. The summed E-state index contributed by atoms with van der Waals surface area (Å²) in [5.74, 6) is -0.886. The summed E-state index contributed by atoms with van der Waals surface area (Å²) in [6.45, 7) is 1.95. The number of rotatable bonds is 4. The maximum atomic E-state index is 13.9. The minimum atomic E-state index is -4.74. The van der Waals surface area contributed by atoms with Crippen molar-refractivity contribution >= 4 is 39.1 Å². The first-order chi connectivity index (χ1) is 17.7. The maximum Gasteiger partial charge on any atom is 0.433 e. The molecule has 1 aliphatic rings. The molecule has 2 aromatic heterocycles. The number of nitrogens with one attached hydrogen (secondary N) is 1. The molecule has 1 N–H and O–H groups in total. The van der Waals surface area contributed by atoms with Crippen LogP contribution >= 0.6 is 15.9 Å². The Hall–Kier alpha value is -3.77. The van der Waals surface area contributed by atoms with Crippen LogP contribution in [-0.2, 0) is 10.9 Å². The fraction of sp³-hybridized carbons (Fsp3) is 0.200. The van der Waals surface area contributed by atoms with Crippen molar-refractivity contribution in [3.05, 3.63) is 82.1 Å². The number of fused-ring (bicyclic) bond motifs is 1. The van der Waals surface area contributed by atoms with Crippen LogP contribution in [0.15, 0.2) is 65.1 Å². The highest BCUT2D eigenvalue weighted by atomic mass is 79.9. The second-order valence-corrected chi connectivity index (χ2v) is 9.02. The summed E-state index contributed by atoms with van der Waals surface area (Å²) in [4.78, 5) is 31.6. The van der Waals surface area contributed by atoms with E-state index in [0.29, 0.717) is 47.6 Å². The smallest absolute Gasteiger partial charge is 0.378 e. The molecule has 0 atom stereocenters. The van der Waals surface area contributed by atoms with Gasteiger partial charge in [-0.25, -0.2) is 9.50 Å². The van der Waals surface area contributed by atoms with E-state index in [0.717, 1.165) is 6.07 Å². The number of alkyl halides is 3. The maximum absolute atomic E-state index is 13.9. The van der Waals surface area contributed by atoms with E-state index in [1.54, 1.807) is 59.5 Å². The highest BCUT2D eigenvalue weighted by Gasteiger charge is 2.36. The fourth-order valence-electron chi connectivity index (χ4n) is 3.93. The molecule has 4 aromatic rings. The van der Waals surface area contributed by atoms with Crippen LogP contribution in [0.25, 0.3) is 16.9 Å². The molecule has 12 heteroatoms. The Morgan fingerprint density at radius 2 is 1.68 bits per heavy atom. The Bertz CT molecular complexity index is 1470. The van der Waals surface area contributed by atoms with Crippen LogP contribution in [-0.4, -0.2) is 57.6 Å². The molecule has 1 aliphatic heterocycles. The molecule has 37 heavy (non-hydrogen) atoms. The van der Waals surface area contributed by atoms with Gasteiger partial charge in [0.15, 0.2) is 17.0 Å². The van der Waals surface area contributed by atoms with E-state index < -0.39 is 17.8 Å². The number of halogens is 4. The number of morpholine rings is 1. The number of amides is 2. The molecule has 190 valence electrons. The molecule has 5 rings (SSSR count). The summed E-state index contributed by atoms with van der Waals surface area (Å²) in [6.07, 6.45) is -4.74. The SMILES string of the molecule is O=C(Nc1ccc(C(=O)N2CCOCC2)cc1)c1nn2c(C(F)(F)F)cc(-c3ccccc3)nc2c1Br. The Balaban J connectivity index is 1.43. The van der Waals surface area contributed by atoms with E-state index in [-0.39, 0.29) is 27.4 Å². The van der Waals surface area contributed by atoms with Gasteiger partial charge in [-0.05, 0) is 46.3 Å². The molecule has 2 amide bonds. The fourth-order valence-corrected chi connectivity index (χ4v) is 4.45. The van der Waals surface area contributed by atoms with Crippen molar-refractivity contribution in [1.29, 1.82) is 0 Å². The number of benzene rings is 2. The predicted octanol–water partition coefficient (Wildman–Crippen LogP) is 4.90. The van der Waals surface area contributed by atoms with Crippen LogP contribution in [0.1, 0.15) is 26.5 Å². The average Bonchev–Trinajstić information content (AvgIpc) is 3.25. The van der Waals surface area contributed by atoms with Gasteiger partial charge >= 0.3 is 6.18 Å². The summed E-state index contributed by atoms with van der Waals surface area (Å²) < 4.78 is 47.6. The van der Waals surface area contributed by atoms with Crippen molar-refractivity contribution < 1.29 is 27.5 Å². The van der Waals surface area contributed by atoms with E-state index >= 15 is 0 Å². The molecule has 0 spiro atoms. The summed E-state index contributed by atoms with van der Waals surface area (Å²) in [7, 11) is 0. The molecular formula is C25H19BrF3N5O3. The highest BCUT2D eigenvalue weighted by Crippen LogP contribution is 2.34. The van der Waals surface area contributed by atoms with Gasteiger partial charge in [0.1, 0.15) is 0 Å². The molecule has 3 heterocycles. The molecule has 0 saturated carbocycles. The van der Waals surface area contributed by atoms with Gasteiger partial charge in [0.05, 0.1) is 23.4 Å². The van der Waals surface area contributed by atoms with E-state index in [1.165, 1.54) is 0 Å². The van der Waals surface area contributed by atoms with Gasteiger partial charge in [0.25, 0.3) is 11.8 Å². The topological polar surface area (TPSA) is 88.8 Å². The zero-order valence-corrected chi connectivity index (χ0v) is 20.7. The van der Waals surface area contributed by atoms with Gasteiger partial charge in [0, 0.05) is 29.9 Å². The quantitative estimate of drug-likeness (QED) is 0.375. The molecule has 1 fully saturated rings. The van der Waals surface area contributed by atoms with Gasteiger partial charge in [-0.3, -0.25) is 9.59 Å². The lowest BCUT2D eigenvalue weighted by atomic mass is 10.1. The number of nitrogens with zero attached hydrogens (tertiary/aromatic N) is 4. The molecule has 0 bridgehead atoms. The molecular weight excluding hydrogens is 555 g/mol. The van der Waals surface area contributed by atoms with Crippen LogP contribution in [0, 0.1) is 0 Å². The van der Waals surface area contributed by atoms with E-state index in [1.807, 2.05) is 0 Å². The van der Waals surface area contributed by atoms with E-state index in [9.17, 15) is 22.8 Å². The molecule has 8 nitrogen and oxygen atoms in total. The summed E-state index contributed by atoms with van der Waals surface area (Å²) >= 11 is 3.21. The van der Waals surface area contributed by atoms with Crippen LogP contribution in [0.5, 0.6) is 0 Å². The second-order valence-electron chi connectivity index (χ2n) is 8.22. The summed E-state index contributed by atoms with van der Waals surface area (Å²) in [5.41, 5.74) is -0.110. The highest BCUT2D eigenvalue weighted by molar-refractivity contribution is 9.10. The number of aromatic nitrogens is 3. The largest absolute Gasteiger partial charge is 0.433 e. The standard InChI is InChI=1S/C25H19BrF3N5O3/c26-20-21(23(35)30-17-8-6-16(7-9-17)24(36)33-10-12-37-13-11-33)32-34-19(25(27,28)29)14-18(31-22(20)34)15-4-2-1-3-5-15/h1-9,14H,10-13H2,(H,30,35). The summed E-state index contributed by atoms with van der Waals surface area (Å²) in [6, 6.07) is 15.5. The Labute approximate surface area is 217 Å². The number of hydrogen-bond acceptors (Lipinski definition) is 5. The van der Waals surface area contributed by atoms with Crippen molar-refractivity contribution in [3.8, 4) is 11.3 Å². The van der Waals surface area contributed by atoms with Crippen LogP contribution < -0.4 is 5.32 Å². The average molecular weight is 574 g/mol. The number of anilines is 1. The normalized spacial score (nSPS) is 14.1. The first-order valence-electron chi connectivity index (χ1n) is 11.2.